The molecule has 0 bridgehead atoms. The lowest BCUT2D eigenvalue weighted by molar-refractivity contribution is -0.145. The maximum Gasteiger partial charge on any atom is 0.330 e. The summed E-state index contributed by atoms with van der Waals surface area (Å²) < 4.78 is 4.88. The smallest absolute Gasteiger partial charge is 0.330 e. The van der Waals surface area contributed by atoms with Gasteiger partial charge in [-0.05, 0) is 19.8 Å². The maximum absolute atomic E-state index is 11.6. The number of nitrogens with one attached hydrogen (secondary N) is 1. The molecule has 18 heavy (non-hydrogen) atoms. The van der Waals surface area contributed by atoms with Crippen LogP contribution in [0.5, 0.6) is 0 Å². The molecular weight excluding hydrogens is 238 g/mol. The molecule has 0 spiro atoms. The summed E-state index contributed by atoms with van der Waals surface area (Å²) in [5.41, 5.74) is 23.2. The molecule has 0 aliphatic carbocycles. The van der Waals surface area contributed by atoms with E-state index in [1.165, 1.54) is 0 Å². The molecule has 0 heterocycles. The Bertz CT molecular complexity index is 308. The van der Waals surface area contributed by atoms with Crippen LogP contribution in [0.4, 0.5) is 0 Å². The number of esters is 1. The van der Waals surface area contributed by atoms with E-state index in [0.29, 0.717) is 19.4 Å². The summed E-state index contributed by atoms with van der Waals surface area (Å²) in [4.78, 5) is 15.4. The van der Waals surface area contributed by atoms with Gasteiger partial charge in [0.15, 0.2) is 5.96 Å². The topological polar surface area (TPSA) is 167 Å². The minimum absolute atomic E-state index is 0.0138. The van der Waals surface area contributed by atoms with Crippen LogP contribution in [0.15, 0.2) is 10.1 Å². The number of nitrogens with two attached hydrogens (primary N) is 4. The van der Waals surface area contributed by atoms with Gasteiger partial charge in [-0.15, -0.1) is 5.10 Å². The van der Waals surface area contributed by atoms with Gasteiger partial charge in [0.1, 0.15) is 6.04 Å². The van der Waals surface area contributed by atoms with Crippen LogP contribution in [0.1, 0.15) is 19.8 Å². The normalized spacial score (nSPS) is 11.2. The zero-order valence-corrected chi connectivity index (χ0v) is 10.4. The highest BCUT2D eigenvalue weighted by Crippen LogP contribution is 2.01. The van der Waals surface area contributed by atoms with Gasteiger partial charge in [-0.25, -0.2) is 4.79 Å². The number of hydrazone groups is 1. The van der Waals surface area contributed by atoms with Crippen molar-refractivity contribution in [1.82, 2.24) is 5.43 Å². The Hall–Kier alpha value is -2.19. The van der Waals surface area contributed by atoms with E-state index in [9.17, 15) is 4.79 Å². The molecule has 0 aromatic rings. The Kier molecular flexibility index (Phi) is 7.82. The number of aliphatic imine (C=N–C) groups is 1. The molecule has 0 saturated carbocycles. The molecule has 0 aliphatic rings. The Balaban J connectivity index is 4.25. The maximum atomic E-state index is 11.6. The van der Waals surface area contributed by atoms with Crippen LogP contribution in [0.2, 0.25) is 0 Å². The van der Waals surface area contributed by atoms with Crippen LogP contribution in [0.25, 0.3) is 0 Å². The Labute approximate surface area is 106 Å². The number of nitrogens with zero attached hydrogens (tertiary/aromatic N) is 2. The number of rotatable bonds is 8. The van der Waals surface area contributed by atoms with Gasteiger partial charge >= 0.3 is 5.97 Å². The van der Waals surface area contributed by atoms with Crippen LogP contribution in [-0.2, 0) is 9.53 Å². The van der Waals surface area contributed by atoms with Gasteiger partial charge in [0.2, 0.25) is 5.96 Å². The van der Waals surface area contributed by atoms with E-state index in [2.05, 4.69) is 15.5 Å². The molecule has 1 atom stereocenters. The van der Waals surface area contributed by atoms with Gasteiger partial charge < -0.3 is 27.7 Å². The van der Waals surface area contributed by atoms with Crippen molar-refractivity contribution in [2.45, 2.75) is 25.8 Å². The molecule has 9 nitrogen and oxygen atoms in total. The number of hydrogen-bond acceptors (Lipinski definition) is 5. The summed E-state index contributed by atoms with van der Waals surface area (Å²) in [6.07, 6.45) is 1.04. The van der Waals surface area contributed by atoms with Crippen LogP contribution >= 0.6 is 0 Å². The van der Waals surface area contributed by atoms with Gasteiger partial charge in [-0.2, -0.15) is 0 Å². The fraction of sp³-hybridized carbons (Fsp3) is 0.667. The number of hydrogen-bond donors (Lipinski definition) is 5. The summed E-state index contributed by atoms with van der Waals surface area (Å²) in [6.45, 7) is 2.42. The molecular formula is C9H21N7O2. The summed E-state index contributed by atoms with van der Waals surface area (Å²) in [5, 5.41) is 3.58. The summed E-state index contributed by atoms with van der Waals surface area (Å²) in [5.74, 6) is -0.569. The molecule has 0 aromatic carbocycles. The van der Waals surface area contributed by atoms with Crippen molar-refractivity contribution in [3.8, 4) is 0 Å². The van der Waals surface area contributed by atoms with Crippen molar-refractivity contribution >= 4 is 17.9 Å². The largest absolute Gasteiger partial charge is 0.464 e. The third kappa shape index (κ3) is 8.02. The molecule has 0 radical (unpaired) electrons. The predicted molar refractivity (Wildman–Crippen MR) is 69.3 cm³/mol. The molecule has 9 N–H and O–H groups in total. The molecule has 9 heteroatoms. The molecule has 0 aromatic heterocycles. The third-order valence-electron chi connectivity index (χ3n) is 1.87. The van der Waals surface area contributed by atoms with Gasteiger partial charge in [0.25, 0.3) is 0 Å². The second-order valence-corrected chi connectivity index (χ2v) is 3.42. The first-order valence-electron chi connectivity index (χ1n) is 5.53. The monoisotopic (exact) mass is 259 g/mol. The third-order valence-corrected chi connectivity index (χ3v) is 1.87. The first-order chi connectivity index (χ1) is 8.47. The highest BCUT2D eigenvalue weighted by Gasteiger charge is 2.18. The first-order valence-corrected chi connectivity index (χ1v) is 5.53. The van der Waals surface area contributed by atoms with Crippen molar-refractivity contribution < 1.29 is 9.53 Å². The standard InChI is InChI=1S/C9H21N7O2/c1-2-18-7(17)6(15-16-9(12)13)4-3-5-14-8(10)11/h6,15H,2-5H2,1H3,(H4,10,11,14)(H4,12,13,16)/t6-/m0/s1. The fourth-order valence-electron chi connectivity index (χ4n) is 1.13. The van der Waals surface area contributed by atoms with E-state index in [4.69, 9.17) is 27.7 Å². The van der Waals surface area contributed by atoms with Crippen LogP contribution in [0, 0.1) is 0 Å². The average Bonchev–Trinajstić information content (AvgIpc) is 2.27. The highest BCUT2D eigenvalue weighted by molar-refractivity contribution is 5.78. The molecule has 0 rings (SSSR count). The van der Waals surface area contributed by atoms with E-state index in [-0.39, 0.29) is 18.5 Å². The summed E-state index contributed by atoms with van der Waals surface area (Å²) in [7, 11) is 0. The molecule has 0 fully saturated rings. The quantitative estimate of drug-likeness (QED) is 0.108. The fourth-order valence-corrected chi connectivity index (χ4v) is 1.13. The van der Waals surface area contributed by atoms with Gasteiger partial charge in [-0.1, -0.05) is 0 Å². The zero-order chi connectivity index (χ0) is 14.0. The van der Waals surface area contributed by atoms with Crippen molar-refractivity contribution in [2.24, 2.45) is 33.0 Å². The SMILES string of the molecule is CCOC(=O)[C@H](CCCN=C(N)N)NN=C(N)N. The van der Waals surface area contributed by atoms with Crippen LogP contribution in [0.3, 0.4) is 0 Å². The average molecular weight is 259 g/mol. The van der Waals surface area contributed by atoms with Gasteiger partial charge in [0.05, 0.1) is 6.61 Å². The molecule has 0 saturated heterocycles. The molecule has 0 amide bonds. The minimum atomic E-state index is -0.624. The zero-order valence-electron chi connectivity index (χ0n) is 10.4. The van der Waals surface area contributed by atoms with Crippen molar-refractivity contribution in [3.05, 3.63) is 0 Å². The lowest BCUT2D eigenvalue weighted by Crippen LogP contribution is -2.38. The number of guanidine groups is 2. The van der Waals surface area contributed by atoms with E-state index in [1.807, 2.05) is 0 Å². The van der Waals surface area contributed by atoms with Gasteiger partial charge in [0, 0.05) is 6.54 Å². The van der Waals surface area contributed by atoms with Crippen molar-refractivity contribution in [3.63, 3.8) is 0 Å². The second-order valence-electron chi connectivity index (χ2n) is 3.42. The lowest BCUT2D eigenvalue weighted by atomic mass is 10.1. The van der Waals surface area contributed by atoms with Crippen LogP contribution in [-0.4, -0.2) is 37.1 Å². The van der Waals surface area contributed by atoms with Gasteiger partial charge in [-0.3, -0.25) is 10.4 Å². The summed E-state index contributed by atoms with van der Waals surface area (Å²) >= 11 is 0. The molecule has 0 unspecified atom stereocenters. The summed E-state index contributed by atoms with van der Waals surface area (Å²) in [6, 6.07) is -0.624. The number of carbonyl (C=O) groups is 1. The van der Waals surface area contributed by atoms with Crippen LogP contribution < -0.4 is 28.4 Å². The minimum Gasteiger partial charge on any atom is -0.464 e. The Morgan fingerprint density at radius 2 is 1.94 bits per heavy atom. The molecule has 104 valence electrons. The van der Waals surface area contributed by atoms with Crippen molar-refractivity contribution in [2.75, 3.05) is 13.2 Å². The van der Waals surface area contributed by atoms with Crippen molar-refractivity contribution in [1.29, 1.82) is 0 Å². The van der Waals surface area contributed by atoms with E-state index >= 15 is 0 Å². The first kappa shape index (κ1) is 15.8. The van der Waals surface area contributed by atoms with E-state index < -0.39 is 12.0 Å². The van der Waals surface area contributed by atoms with E-state index in [0.717, 1.165) is 0 Å². The number of carbonyl (C=O) groups excluding carboxylic acids is 1. The van der Waals surface area contributed by atoms with E-state index in [1.54, 1.807) is 6.92 Å². The number of ether oxygens (including phenoxy) is 1. The lowest BCUT2D eigenvalue weighted by Gasteiger charge is -2.14. The Morgan fingerprint density at radius 1 is 1.28 bits per heavy atom. The Morgan fingerprint density at radius 3 is 2.44 bits per heavy atom. The second kappa shape index (κ2) is 8.90. The molecule has 0 aliphatic heterocycles. The highest BCUT2D eigenvalue weighted by atomic mass is 16.5. The predicted octanol–water partition coefficient (Wildman–Crippen LogP) is -2.25.